The summed E-state index contributed by atoms with van der Waals surface area (Å²) in [6.45, 7) is 2.25. The fraction of sp³-hybridized carbons (Fsp3) is 0.429. The smallest absolute Gasteiger partial charge is 0.251 e. The second kappa shape index (κ2) is 6.89. The summed E-state index contributed by atoms with van der Waals surface area (Å²) in [6, 6.07) is 6.70. The van der Waals surface area contributed by atoms with Crippen LogP contribution in [-0.4, -0.2) is 43.4 Å². The van der Waals surface area contributed by atoms with Gasteiger partial charge in [0.05, 0.1) is 0 Å². The number of hydrogen-bond acceptors (Lipinski definition) is 3. The molecule has 0 radical (unpaired) electrons. The molecule has 5 nitrogen and oxygen atoms in total. The summed E-state index contributed by atoms with van der Waals surface area (Å²) < 4.78 is 0. The monoisotopic (exact) mass is 263 g/mol. The number of hydrogen-bond donors (Lipinski definition) is 2. The number of benzene rings is 1. The zero-order valence-corrected chi connectivity index (χ0v) is 11.6. The molecule has 19 heavy (non-hydrogen) atoms. The maximum absolute atomic E-state index is 11.9. The molecule has 0 saturated carbocycles. The van der Waals surface area contributed by atoms with E-state index < -0.39 is 6.04 Å². The summed E-state index contributed by atoms with van der Waals surface area (Å²) >= 11 is 0. The van der Waals surface area contributed by atoms with E-state index in [0.29, 0.717) is 12.1 Å². The van der Waals surface area contributed by atoms with Crippen LogP contribution in [-0.2, 0) is 11.2 Å². The summed E-state index contributed by atoms with van der Waals surface area (Å²) in [7, 11) is 3.32. The molecule has 1 rings (SSSR count). The lowest BCUT2D eigenvalue weighted by molar-refractivity contribution is -0.130. The average molecular weight is 263 g/mol. The van der Waals surface area contributed by atoms with Crippen LogP contribution in [0.4, 0.5) is 0 Å². The van der Waals surface area contributed by atoms with Crippen LogP contribution < -0.4 is 11.1 Å². The van der Waals surface area contributed by atoms with Gasteiger partial charge in [-0.3, -0.25) is 9.59 Å². The lowest BCUT2D eigenvalue weighted by Gasteiger charge is -2.18. The van der Waals surface area contributed by atoms with Gasteiger partial charge in [-0.05, 0) is 37.6 Å². The molecule has 1 aromatic carbocycles. The second-order valence-corrected chi connectivity index (χ2v) is 4.66. The van der Waals surface area contributed by atoms with Crippen molar-refractivity contribution in [2.24, 2.45) is 5.73 Å². The predicted octanol–water partition coefficient (Wildman–Crippen LogP) is 0.394. The van der Waals surface area contributed by atoms with Gasteiger partial charge in [0.15, 0.2) is 0 Å². The Morgan fingerprint density at radius 2 is 1.84 bits per heavy atom. The minimum Gasteiger partial charge on any atom is -0.347 e. The van der Waals surface area contributed by atoms with Gasteiger partial charge in [0.1, 0.15) is 6.04 Å². The van der Waals surface area contributed by atoms with Crippen molar-refractivity contribution < 1.29 is 9.59 Å². The largest absolute Gasteiger partial charge is 0.347 e. The Hall–Kier alpha value is -1.88. The fourth-order valence-electron chi connectivity index (χ4n) is 1.72. The van der Waals surface area contributed by atoms with Gasteiger partial charge >= 0.3 is 0 Å². The van der Waals surface area contributed by atoms with E-state index in [-0.39, 0.29) is 11.8 Å². The van der Waals surface area contributed by atoms with E-state index >= 15 is 0 Å². The number of carbonyl (C=O) groups is 2. The Kier molecular flexibility index (Phi) is 5.51. The van der Waals surface area contributed by atoms with Gasteiger partial charge in [0.25, 0.3) is 5.91 Å². The van der Waals surface area contributed by atoms with E-state index in [4.69, 9.17) is 5.73 Å². The van der Waals surface area contributed by atoms with E-state index in [1.165, 1.54) is 4.90 Å². The molecular weight excluding hydrogens is 242 g/mol. The quantitative estimate of drug-likeness (QED) is 0.807. The highest BCUT2D eigenvalue weighted by Crippen LogP contribution is 2.05. The minimum absolute atomic E-state index is 0.131. The van der Waals surface area contributed by atoms with Gasteiger partial charge < -0.3 is 16.0 Å². The summed E-state index contributed by atoms with van der Waals surface area (Å²) in [4.78, 5) is 25.0. The van der Waals surface area contributed by atoms with E-state index in [1.54, 1.807) is 33.2 Å². The lowest BCUT2D eigenvalue weighted by atomic mass is 10.1. The number of nitrogens with zero attached hydrogens (tertiary/aromatic N) is 1. The third-order valence-corrected chi connectivity index (χ3v) is 2.81. The zero-order valence-electron chi connectivity index (χ0n) is 11.6. The third-order valence-electron chi connectivity index (χ3n) is 2.81. The van der Waals surface area contributed by atoms with Crippen LogP contribution >= 0.6 is 0 Å². The van der Waals surface area contributed by atoms with Crippen molar-refractivity contribution in [3.63, 3.8) is 0 Å². The third kappa shape index (κ3) is 4.37. The van der Waals surface area contributed by atoms with E-state index in [9.17, 15) is 9.59 Å². The van der Waals surface area contributed by atoms with Gasteiger partial charge in [-0.2, -0.15) is 0 Å². The molecule has 0 aliphatic rings. The first-order valence-corrected chi connectivity index (χ1v) is 6.26. The molecular formula is C14H21N3O2. The van der Waals surface area contributed by atoms with Crippen LogP contribution in [0.15, 0.2) is 24.3 Å². The Bertz CT molecular complexity index is 441. The average Bonchev–Trinajstić information content (AvgIpc) is 2.38. The number of nitrogens with one attached hydrogen (secondary N) is 1. The second-order valence-electron chi connectivity index (χ2n) is 4.66. The predicted molar refractivity (Wildman–Crippen MR) is 74.8 cm³/mol. The lowest BCUT2D eigenvalue weighted by Crippen LogP contribution is -2.44. The van der Waals surface area contributed by atoms with Gasteiger partial charge in [-0.1, -0.05) is 12.1 Å². The van der Waals surface area contributed by atoms with Crippen molar-refractivity contribution >= 4 is 11.8 Å². The first kappa shape index (κ1) is 15.2. The van der Waals surface area contributed by atoms with E-state index in [2.05, 4.69) is 5.32 Å². The molecule has 0 aromatic heterocycles. The number of carbonyl (C=O) groups excluding carboxylic acids is 2. The Morgan fingerprint density at radius 3 is 2.32 bits per heavy atom. The molecule has 0 bridgehead atoms. The molecule has 1 aromatic rings. The maximum Gasteiger partial charge on any atom is 0.251 e. The molecule has 1 atom stereocenters. The molecule has 0 aliphatic carbocycles. The Morgan fingerprint density at radius 1 is 1.26 bits per heavy atom. The van der Waals surface area contributed by atoms with Gasteiger partial charge in [0, 0.05) is 19.7 Å². The number of rotatable bonds is 5. The van der Waals surface area contributed by atoms with Crippen molar-refractivity contribution in [2.75, 3.05) is 20.6 Å². The van der Waals surface area contributed by atoms with Crippen molar-refractivity contribution in [3.05, 3.63) is 35.4 Å². The molecule has 0 aliphatic heterocycles. The molecule has 104 valence electrons. The van der Waals surface area contributed by atoms with E-state index in [0.717, 1.165) is 12.0 Å². The van der Waals surface area contributed by atoms with Crippen molar-refractivity contribution in [1.29, 1.82) is 0 Å². The fourth-order valence-corrected chi connectivity index (χ4v) is 1.72. The van der Waals surface area contributed by atoms with Crippen LogP contribution in [0, 0.1) is 0 Å². The summed E-state index contributed by atoms with van der Waals surface area (Å²) in [5, 5.41) is 2.67. The van der Waals surface area contributed by atoms with E-state index in [1.807, 2.05) is 12.1 Å². The molecule has 0 fully saturated rings. The molecule has 0 saturated heterocycles. The van der Waals surface area contributed by atoms with Gasteiger partial charge in [-0.15, -0.1) is 0 Å². The molecule has 1 unspecified atom stereocenters. The van der Waals surface area contributed by atoms with Crippen molar-refractivity contribution in [2.45, 2.75) is 19.4 Å². The minimum atomic E-state index is -0.536. The maximum atomic E-state index is 11.9. The van der Waals surface area contributed by atoms with Crippen LogP contribution in [0.2, 0.25) is 0 Å². The number of amides is 2. The highest BCUT2D eigenvalue weighted by molar-refractivity contribution is 5.97. The zero-order chi connectivity index (χ0) is 14.4. The molecule has 2 amide bonds. The van der Waals surface area contributed by atoms with Crippen molar-refractivity contribution in [3.8, 4) is 0 Å². The van der Waals surface area contributed by atoms with Gasteiger partial charge in [0.2, 0.25) is 5.91 Å². The Balaban J connectivity index is 2.65. The Labute approximate surface area is 113 Å². The molecule has 3 N–H and O–H groups in total. The van der Waals surface area contributed by atoms with Crippen LogP contribution in [0.3, 0.4) is 0 Å². The standard InChI is InChI=1S/C14H21N3O2/c1-10(14(19)17(2)3)16-13(18)12-6-4-11(5-7-12)8-9-15/h4-7,10H,8-9,15H2,1-3H3,(H,16,18). The van der Waals surface area contributed by atoms with Crippen molar-refractivity contribution in [1.82, 2.24) is 10.2 Å². The molecule has 0 spiro atoms. The summed E-state index contributed by atoms with van der Waals surface area (Å²) in [6.07, 6.45) is 0.789. The van der Waals surface area contributed by atoms with Crippen LogP contribution in [0.25, 0.3) is 0 Å². The highest BCUT2D eigenvalue weighted by Gasteiger charge is 2.17. The summed E-state index contributed by atoms with van der Waals surface area (Å²) in [5.41, 5.74) is 7.10. The molecule has 0 heterocycles. The van der Waals surface area contributed by atoms with Gasteiger partial charge in [-0.25, -0.2) is 0 Å². The topological polar surface area (TPSA) is 75.4 Å². The highest BCUT2D eigenvalue weighted by atomic mass is 16.2. The first-order chi connectivity index (χ1) is 8.95. The molecule has 5 heteroatoms. The van der Waals surface area contributed by atoms with Crippen LogP contribution in [0.1, 0.15) is 22.8 Å². The first-order valence-electron chi connectivity index (χ1n) is 6.26. The summed E-state index contributed by atoms with van der Waals surface area (Å²) in [5.74, 6) is -0.380. The SMILES string of the molecule is CC(NC(=O)c1ccc(CCN)cc1)C(=O)N(C)C. The normalized spacial score (nSPS) is 11.8. The van der Waals surface area contributed by atoms with Crippen LogP contribution in [0.5, 0.6) is 0 Å². The number of likely N-dealkylation sites (N-methyl/N-ethyl adjacent to an activating group) is 1. The number of nitrogens with two attached hydrogens (primary N) is 1.